The van der Waals surface area contributed by atoms with Crippen molar-refractivity contribution in [2.24, 2.45) is 0 Å². The molecule has 0 atom stereocenters. The molecule has 0 aliphatic heterocycles. The first-order chi connectivity index (χ1) is 7.39. The van der Waals surface area contributed by atoms with E-state index in [1.807, 2.05) is 0 Å². The van der Waals surface area contributed by atoms with E-state index in [0.717, 1.165) is 10.4 Å². The predicted molar refractivity (Wildman–Crippen MR) is 62.7 cm³/mol. The topological polar surface area (TPSA) is 37.4 Å². The van der Waals surface area contributed by atoms with E-state index in [1.54, 1.807) is 0 Å². The quantitative estimate of drug-likeness (QED) is 0.799. The SMILES string of the molecule is C#CCN(C)S(=O)(=O)c1cc(F)ccc1Br. The van der Waals surface area contributed by atoms with Gasteiger partial charge in [-0.3, -0.25) is 0 Å². The number of benzene rings is 1. The predicted octanol–water partition coefficient (Wildman–Crippen LogP) is 1.84. The molecule has 1 aromatic carbocycles. The van der Waals surface area contributed by atoms with Crippen molar-refractivity contribution >= 4 is 26.0 Å². The fourth-order valence-corrected chi connectivity index (χ4v) is 3.07. The molecule has 0 unspecified atom stereocenters. The summed E-state index contributed by atoms with van der Waals surface area (Å²) in [5.74, 6) is 1.60. The summed E-state index contributed by atoms with van der Waals surface area (Å²) in [7, 11) is -2.41. The van der Waals surface area contributed by atoms with Gasteiger partial charge in [0.1, 0.15) is 5.82 Å². The fraction of sp³-hybridized carbons (Fsp3) is 0.200. The van der Waals surface area contributed by atoms with E-state index in [4.69, 9.17) is 6.42 Å². The maximum absolute atomic E-state index is 13.0. The molecule has 0 amide bonds. The van der Waals surface area contributed by atoms with Crippen molar-refractivity contribution in [3.63, 3.8) is 0 Å². The molecule has 0 radical (unpaired) electrons. The first-order valence-electron chi connectivity index (χ1n) is 4.24. The smallest absolute Gasteiger partial charge is 0.207 e. The third-order valence-electron chi connectivity index (χ3n) is 1.90. The number of rotatable bonds is 3. The summed E-state index contributed by atoms with van der Waals surface area (Å²) < 4.78 is 38.1. The van der Waals surface area contributed by atoms with Crippen LogP contribution in [0.4, 0.5) is 4.39 Å². The summed E-state index contributed by atoms with van der Waals surface area (Å²) in [4.78, 5) is -0.134. The van der Waals surface area contributed by atoms with Gasteiger partial charge in [0.15, 0.2) is 0 Å². The molecule has 3 nitrogen and oxygen atoms in total. The molecular weight excluding hydrogens is 297 g/mol. The average molecular weight is 306 g/mol. The van der Waals surface area contributed by atoms with Crippen molar-refractivity contribution in [2.75, 3.05) is 13.6 Å². The van der Waals surface area contributed by atoms with Gasteiger partial charge in [0.2, 0.25) is 10.0 Å². The van der Waals surface area contributed by atoms with Crippen molar-refractivity contribution in [2.45, 2.75) is 4.90 Å². The average Bonchev–Trinajstić information content (AvgIpc) is 2.22. The highest BCUT2D eigenvalue weighted by Crippen LogP contribution is 2.24. The maximum atomic E-state index is 13.0. The van der Waals surface area contributed by atoms with Crippen LogP contribution in [0.5, 0.6) is 0 Å². The van der Waals surface area contributed by atoms with Gasteiger partial charge in [-0.15, -0.1) is 6.42 Å². The van der Waals surface area contributed by atoms with Gasteiger partial charge in [0.25, 0.3) is 0 Å². The van der Waals surface area contributed by atoms with E-state index in [-0.39, 0.29) is 11.4 Å². The molecule has 0 saturated carbocycles. The second-order valence-corrected chi connectivity index (χ2v) is 5.91. The second kappa shape index (κ2) is 4.95. The van der Waals surface area contributed by atoms with E-state index in [1.165, 1.54) is 19.2 Å². The van der Waals surface area contributed by atoms with E-state index in [2.05, 4.69) is 21.9 Å². The van der Waals surface area contributed by atoms with E-state index in [9.17, 15) is 12.8 Å². The molecule has 0 spiro atoms. The summed E-state index contributed by atoms with van der Waals surface area (Å²) in [6, 6.07) is 3.46. The number of halogens is 2. The zero-order chi connectivity index (χ0) is 12.3. The van der Waals surface area contributed by atoms with Crippen molar-refractivity contribution < 1.29 is 12.8 Å². The summed E-state index contributed by atoms with van der Waals surface area (Å²) in [6.07, 6.45) is 5.03. The van der Waals surface area contributed by atoms with E-state index in [0.29, 0.717) is 4.47 Å². The monoisotopic (exact) mass is 305 g/mol. The number of hydrogen-bond donors (Lipinski definition) is 0. The van der Waals surface area contributed by atoms with Crippen LogP contribution in [0, 0.1) is 18.2 Å². The van der Waals surface area contributed by atoms with Gasteiger partial charge in [0.05, 0.1) is 11.4 Å². The highest BCUT2D eigenvalue weighted by Gasteiger charge is 2.23. The van der Waals surface area contributed by atoms with E-state index < -0.39 is 15.8 Å². The van der Waals surface area contributed by atoms with Gasteiger partial charge < -0.3 is 0 Å². The summed E-state index contributed by atoms with van der Waals surface area (Å²) in [6.45, 7) is -0.0642. The van der Waals surface area contributed by atoms with Crippen LogP contribution < -0.4 is 0 Å². The second-order valence-electron chi connectivity index (χ2n) is 3.04. The molecule has 0 bridgehead atoms. The minimum Gasteiger partial charge on any atom is -0.207 e. The van der Waals surface area contributed by atoms with Crippen molar-refractivity contribution in [1.29, 1.82) is 0 Å². The first kappa shape index (κ1) is 13.2. The van der Waals surface area contributed by atoms with Crippen molar-refractivity contribution in [3.05, 3.63) is 28.5 Å². The molecule has 0 heterocycles. The van der Waals surface area contributed by atoms with Crippen LogP contribution in [0.3, 0.4) is 0 Å². The Hall–Kier alpha value is -0.900. The highest BCUT2D eigenvalue weighted by atomic mass is 79.9. The molecule has 6 heteroatoms. The van der Waals surface area contributed by atoms with Crippen LogP contribution in [-0.2, 0) is 10.0 Å². The minimum absolute atomic E-state index is 0.0642. The molecule has 16 heavy (non-hydrogen) atoms. The Balaban J connectivity index is 3.28. The van der Waals surface area contributed by atoms with Crippen molar-refractivity contribution in [1.82, 2.24) is 4.31 Å². The Morgan fingerprint density at radius 3 is 2.75 bits per heavy atom. The summed E-state index contributed by atoms with van der Waals surface area (Å²) >= 11 is 3.06. The Labute approximate surface area is 102 Å². The van der Waals surface area contributed by atoms with Gasteiger partial charge in [-0.25, -0.2) is 12.8 Å². The number of terminal acetylenes is 1. The molecule has 0 saturated heterocycles. The van der Waals surface area contributed by atoms with Gasteiger partial charge in [-0.2, -0.15) is 4.31 Å². The largest absolute Gasteiger partial charge is 0.244 e. The molecule has 0 N–H and O–H groups in total. The zero-order valence-electron chi connectivity index (χ0n) is 8.44. The lowest BCUT2D eigenvalue weighted by atomic mass is 10.3. The zero-order valence-corrected chi connectivity index (χ0v) is 10.8. The Morgan fingerprint density at radius 2 is 2.19 bits per heavy atom. The van der Waals surface area contributed by atoms with Crippen LogP contribution in [0.15, 0.2) is 27.6 Å². The molecule has 0 aliphatic rings. The lowest BCUT2D eigenvalue weighted by molar-refractivity contribution is 0.501. The van der Waals surface area contributed by atoms with Gasteiger partial charge in [-0.1, -0.05) is 5.92 Å². The number of hydrogen-bond acceptors (Lipinski definition) is 2. The summed E-state index contributed by atoms with van der Waals surface area (Å²) in [5, 5.41) is 0. The molecule has 1 aromatic rings. The normalized spacial score (nSPS) is 11.4. The molecule has 0 aromatic heterocycles. The van der Waals surface area contributed by atoms with Crippen LogP contribution >= 0.6 is 15.9 Å². The van der Waals surface area contributed by atoms with E-state index >= 15 is 0 Å². The van der Waals surface area contributed by atoms with Gasteiger partial charge in [-0.05, 0) is 34.1 Å². The molecule has 0 fully saturated rings. The lowest BCUT2D eigenvalue weighted by Crippen LogP contribution is -2.27. The minimum atomic E-state index is -3.75. The summed E-state index contributed by atoms with van der Waals surface area (Å²) in [5.41, 5.74) is 0. The van der Waals surface area contributed by atoms with Gasteiger partial charge in [0, 0.05) is 11.5 Å². The molecule has 86 valence electrons. The maximum Gasteiger partial charge on any atom is 0.244 e. The Bertz CT molecular complexity index is 536. The number of sulfonamides is 1. The third kappa shape index (κ3) is 2.61. The highest BCUT2D eigenvalue weighted by molar-refractivity contribution is 9.10. The molecular formula is C10H9BrFNO2S. The standard InChI is InChI=1S/C10H9BrFNO2S/c1-3-6-13(2)16(14,15)10-7-8(12)4-5-9(10)11/h1,4-5,7H,6H2,2H3. The third-order valence-corrected chi connectivity index (χ3v) is 4.69. The first-order valence-corrected chi connectivity index (χ1v) is 6.47. The van der Waals surface area contributed by atoms with Crippen LogP contribution in [-0.4, -0.2) is 26.3 Å². The molecule has 0 aliphatic carbocycles. The van der Waals surface area contributed by atoms with Crippen LogP contribution in [0.1, 0.15) is 0 Å². The number of nitrogens with zero attached hydrogens (tertiary/aromatic N) is 1. The fourth-order valence-electron chi connectivity index (χ4n) is 1.06. The Morgan fingerprint density at radius 1 is 1.56 bits per heavy atom. The van der Waals surface area contributed by atoms with Crippen LogP contribution in [0.2, 0.25) is 0 Å². The van der Waals surface area contributed by atoms with Crippen molar-refractivity contribution in [3.8, 4) is 12.3 Å². The van der Waals surface area contributed by atoms with Gasteiger partial charge >= 0.3 is 0 Å². The Kier molecular flexibility index (Phi) is 4.08. The lowest BCUT2D eigenvalue weighted by Gasteiger charge is -2.15. The molecule has 1 rings (SSSR count). The van der Waals surface area contributed by atoms with Crippen LogP contribution in [0.25, 0.3) is 0 Å².